The number of hydrogen-bond acceptors (Lipinski definition) is 4. The molecule has 4 rings (SSSR count). The summed E-state index contributed by atoms with van der Waals surface area (Å²) in [5.41, 5.74) is 5.82. The molecule has 0 saturated heterocycles. The van der Waals surface area contributed by atoms with Crippen molar-refractivity contribution in [3.63, 3.8) is 0 Å². The van der Waals surface area contributed by atoms with E-state index >= 15 is 0 Å². The van der Waals surface area contributed by atoms with Gasteiger partial charge in [-0.15, -0.1) is 5.10 Å². The van der Waals surface area contributed by atoms with Gasteiger partial charge < -0.3 is 4.74 Å². The van der Waals surface area contributed by atoms with Crippen LogP contribution in [0, 0.1) is 0 Å². The van der Waals surface area contributed by atoms with Crippen LogP contribution in [0.5, 0.6) is 0 Å². The first kappa shape index (κ1) is 15.1. The zero-order chi connectivity index (χ0) is 17.2. The summed E-state index contributed by atoms with van der Waals surface area (Å²) in [4.78, 5) is 12.0. The van der Waals surface area contributed by atoms with E-state index in [0.29, 0.717) is 16.6 Å². The van der Waals surface area contributed by atoms with Crippen molar-refractivity contribution in [3.8, 4) is 22.3 Å². The second-order valence-electron chi connectivity index (χ2n) is 5.67. The fraction of sp³-hybridized carbons (Fsp3) is 0.0500. The summed E-state index contributed by atoms with van der Waals surface area (Å²) in [7, 11) is 1.36. The molecule has 1 aromatic heterocycles. The first-order valence-electron chi connectivity index (χ1n) is 7.85. The topological polar surface area (TPSA) is 67.9 Å². The number of rotatable bonds is 3. The van der Waals surface area contributed by atoms with Gasteiger partial charge in [-0.1, -0.05) is 59.8 Å². The van der Waals surface area contributed by atoms with E-state index in [2.05, 4.69) is 39.7 Å². The van der Waals surface area contributed by atoms with E-state index in [0.717, 1.165) is 22.3 Å². The fourth-order valence-electron chi connectivity index (χ4n) is 2.87. The van der Waals surface area contributed by atoms with Gasteiger partial charge in [0.05, 0.1) is 18.2 Å². The van der Waals surface area contributed by atoms with E-state index < -0.39 is 5.97 Å². The Bertz CT molecular complexity index is 1040. The molecule has 0 amide bonds. The summed E-state index contributed by atoms with van der Waals surface area (Å²) in [5, 5.41) is 10.6. The number of methoxy groups -OCH3 is 1. The maximum absolute atomic E-state index is 12.0. The van der Waals surface area contributed by atoms with Crippen LogP contribution in [0.4, 0.5) is 0 Å². The molecule has 0 bridgehead atoms. The van der Waals surface area contributed by atoms with Gasteiger partial charge in [-0.25, -0.2) is 4.79 Å². The third kappa shape index (κ3) is 2.76. The van der Waals surface area contributed by atoms with Crippen molar-refractivity contribution in [1.82, 2.24) is 15.4 Å². The third-order valence-corrected chi connectivity index (χ3v) is 4.16. The van der Waals surface area contributed by atoms with Crippen LogP contribution in [0.1, 0.15) is 10.4 Å². The molecular formula is C20H15N3O2. The molecule has 0 fully saturated rings. The van der Waals surface area contributed by atoms with Crippen molar-refractivity contribution in [2.24, 2.45) is 0 Å². The van der Waals surface area contributed by atoms with Gasteiger partial charge in [-0.05, 0) is 34.4 Å². The molecule has 1 heterocycles. The highest BCUT2D eigenvalue weighted by Gasteiger charge is 2.15. The zero-order valence-electron chi connectivity index (χ0n) is 13.6. The van der Waals surface area contributed by atoms with Crippen molar-refractivity contribution in [2.75, 3.05) is 7.11 Å². The molecule has 1 N–H and O–H groups in total. The SMILES string of the molecule is COC(=O)c1cc(-c2ccc(-c3ccccc3)cc2)cc2[nH]nnc12. The summed E-state index contributed by atoms with van der Waals surface area (Å²) in [6.07, 6.45) is 0. The number of hydrogen-bond donors (Lipinski definition) is 1. The maximum Gasteiger partial charge on any atom is 0.340 e. The molecular weight excluding hydrogens is 314 g/mol. The Hall–Kier alpha value is -3.47. The number of ether oxygens (including phenoxy) is 1. The number of fused-ring (bicyclic) bond motifs is 1. The molecule has 0 spiro atoms. The smallest absolute Gasteiger partial charge is 0.340 e. The van der Waals surface area contributed by atoms with E-state index in [4.69, 9.17) is 4.74 Å². The molecule has 0 aliphatic heterocycles. The number of esters is 1. The minimum Gasteiger partial charge on any atom is -0.465 e. The standard InChI is InChI=1S/C20H15N3O2/c1-25-20(24)17-11-16(12-18-19(17)22-23-21-18)15-9-7-14(8-10-15)13-5-3-2-4-6-13/h2-12H,1H3,(H,21,22,23). The number of carbonyl (C=O) groups is 1. The number of H-pyrrole nitrogens is 1. The predicted molar refractivity (Wildman–Crippen MR) is 96.1 cm³/mol. The molecule has 5 heteroatoms. The lowest BCUT2D eigenvalue weighted by Gasteiger charge is -2.07. The van der Waals surface area contributed by atoms with Gasteiger partial charge in [-0.2, -0.15) is 0 Å². The van der Waals surface area contributed by atoms with Gasteiger partial charge in [0.15, 0.2) is 0 Å². The molecule has 3 aromatic carbocycles. The lowest BCUT2D eigenvalue weighted by atomic mass is 9.98. The molecule has 0 radical (unpaired) electrons. The van der Waals surface area contributed by atoms with Crippen molar-refractivity contribution >= 4 is 17.0 Å². The highest BCUT2D eigenvalue weighted by molar-refractivity contribution is 6.03. The molecule has 0 aliphatic carbocycles. The van der Waals surface area contributed by atoms with Gasteiger partial charge in [0.1, 0.15) is 5.52 Å². The van der Waals surface area contributed by atoms with Crippen LogP contribution < -0.4 is 0 Å². The molecule has 0 saturated carbocycles. The normalized spacial score (nSPS) is 10.8. The summed E-state index contributed by atoms with van der Waals surface area (Å²) >= 11 is 0. The molecule has 122 valence electrons. The minimum absolute atomic E-state index is 0.399. The Morgan fingerprint density at radius 2 is 1.52 bits per heavy atom. The molecule has 0 aliphatic rings. The summed E-state index contributed by atoms with van der Waals surface area (Å²) in [6.45, 7) is 0. The molecule has 25 heavy (non-hydrogen) atoms. The van der Waals surface area contributed by atoms with Crippen LogP contribution in [0.3, 0.4) is 0 Å². The Kier molecular flexibility index (Phi) is 3.74. The molecule has 5 nitrogen and oxygen atoms in total. The van der Waals surface area contributed by atoms with Gasteiger partial charge in [0.25, 0.3) is 0 Å². The minimum atomic E-state index is -0.429. The highest BCUT2D eigenvalue weighted by atomic mass is 16.5. The summed E-state index contributed by atoms with van der Waals surface area (Å²) in [5.74, 6) is -0.429. The Balaban J connectivity index is 1.78. The largest absolute Gasteiger partial charge is 0.465 e. The highest BCUT2D eigenvalue weighted by Crippen LogP contribution is 2.28. The quantitative estimate of drug-likeness (QED) is 0.575. The first-order chi connectivity index (χ1) is 12.3. The molecule has 0 atom stereocenters. The van der Waals surface area contributed by atoms with Gasteiger partial charge >= 0.3 is 5.97 Å². The Labute approximate surface area is 144 Å². The second kappa shape index (κ2) is 6.20. The average molecular weight is 329 g/mol. The average Bonchev–Trinajstić information content (AvgIpc) is 3.16. The van der Waals surface area contributed by atoms with E-state index in [1.165, 1.54) is 7.11 Å². The number of aromatic nitrogens is 3. The predicted octanol–water partition coefficient (Wildman–Crippen LogP) is 4.08. The Morgan fingerprint density at radius 1 is 0.880 bits per heavy atom. The maximum atomic E-state index is 12.0. The van der Waals surface area contributed by atoms with Gasteiger partial charge in [0.2, 0.25) is 0 Å². The van der Waals surface area contributed by atoms with Gasteiger partial charge in [-0.3, -0.25) is 5.10 Å². The third-order valence-electron chi connectivity index (χ3n) is 4.16. The van der Waals surface area contributed by atoms with Crippen LogP contribution in [-0.4, -0.2) is 28.5 Å². The van der Waals surface area contributed by atoms with Crippen molar-refractivity contribution < 1.29 is 9.53 Å². The number of nitrogens with zero attached hydrogens (tertiary/aromatic N) is 2. The number of nitrogens with one attached hydrogen (secondary N) is 1. The second-order valence-corrected chi connectivity index (χ2v) is 5.67. The van der Waals surface area contributed by atoms with Crippen LogP contribution in [0.25, 0.3) is 33.3 Å². The summed E-state index contributed by atoms with van der Waals surface area (Å²) < 4.78 is 4.86. The van der Waals surface area contributed by atoms with Crippen molar-refractivity contribution in [2.45, 2.75) is 0 Å². The van der Waals surface area contributed by atoms with E-state index in [1.54, 1.807) is 6.07 Å². The lowest BCUT2D eigenvalue weighted by Crippen LogP contribution is -2.02. The number of carbonyl (C=O) groups excluding carboxylic acids is 1. The summed E-state index contributed by atoms with van der Waals surface area (Å²) in [6, 6.07) is 22.1. The zero-order valence-corrected chi connectivity index (χ0v) is 13.6. The van der Waals surface area contributed by atoms with E-state index in [-0.39, 0.29) is 0 Å². The number of aromatic amines is 1. The Morgan fingerprint density at radius 3 is 2.20 bits per heavy atom. The van der Waals surface area contributed by atoms with Crippen molar-refractivity contribution in [3.05, 3.63) is 72.3 Å². The molecule has 4 aromatic rings. The monoisotopic (exact) mass is 329 g/mol. The van der Waals surface area contributed by atoms with Crippen molar-refractivity contribution in [1.29, 1.82) is 0 Å². The van der Waals surface area contributed by atoms with E-state index in [1.807, 2.05) is 36.4 Å². The first-order valence-corrected chi connectivity index (χ1v) is 7.85. The molecule has 0 unspecified atom stereocenters. The lowest BCUT2D eigenvalue weighted by molar-refractivity contribution is 0.0603. The van der Waals surface area contributed by atoms with Crippen LogP contribution in [-0.2, 0) is 4.74 Å². The van der Waals surface area contributed by atoms with Gasteiger partial charge in [0, 0.05) is 0 Å². The van der Waals surface area contributed by atoms with Crippen LogP contribution >= 0.6 is 0 Å². The number of benzene rings is 3. The fourth-order valence-corrected chi connectivity index (χ4v) is 2.87. The van der Waals surface area contributed by atoms with Crippen LogP contribution in [0.15, 0.2) is 66.7 Å². The van der Waals surface area contributed by atoms with E-state index in [9.17, 15) is 4.79 Å². The van der Waals surface area contributed by atoms with Crippen LogP contribution in [0.2, 0.25) is 0 Å².